The van der Waals surface area contributed by atoms with Crippen LogP contribution in [0.15, 0.2) is 84.9 Å². The first-order valence-corrected chi connectivity index (χ1v) is 11.0. The zero-order valence-corrected chi connectivity index (χ0v) is 19.0. The van der Waals surface area contributed by atoms with Crippen LogP contribution in [0.5, 0.6) is 11.5 Å². The van der Waals surface area contributed by atoms with Gasteiger partial charge in [-0.2, -0.15) is 0 Å². The van der Waals surface area contributed by atoms with Crippen LogP contribution in [0.2, 0.25) is 5.02 Å². The molecule has 5 rings (SSSR count). The van der Waals surface area contributed by atoms with Crippen molar-refractivity contribution in [2.24, 2.45) is 0 Å². The minimum absolute atomic E-state index is 0.181. The van der Waals surface area contributed by atoms with Gasteiger partial charge >= 0.3 is 5.97 Å². The van der Waals surface area contributed by atoms with Crippen LogP contribution in [0.4, 0.5) is 0 Å². The van der Waals surface area contributed by atoms with Gasteiger partial charge in [-0.15, -0.1) is 0 Å². The van der Waals surface area contributed by atoms with Crippen molar-refractivity contribution in [3.8, 4) is 22.8 Å². The number of para-hydroxylation sites is 1. The van der Waals surface area contributed by atoms with Crippen molar-refractivity contribution >= 4 is 39.2 Å². The number of hydrogen-bond donors (Lipinski definition) is 1. The number of fused-ring (bicyclic) bond motifs is 3. The molecule has 5 aromatic rings. The highest BCUT2D eigenvalue weighted by atomic mass is 35.5. The van der Waals surface area contributed by atoms with Crippen LogP contribution in [0.25, 0.3) is 32.9 Å². The van der Waals surface area contributed by atoms with Gasteiger partial charge in [-0.1, -0.05) is 60.1 Å². The van der Waals surface area contributed by atoms with Crippen molar-refractivity contribution in [1.29, 1.82) is 0 Å². The van der Waals surface area contributed by atoms with Crippen molar-refractivity contribution in [3.63, 3.8) is 0 Å². The minimum atomic E-state index is -1.02. The van der Waals surface area contributed by atoms with Crippen molar-refractivity contribution in [2.75, 3.05) is 7.11 Å². The van der Waals surface area contributed by atoms with Gasteiger partial charge in [0.2, 0.25) is 0 Å². The molecule has 1 heterocycles. The molecule has 0 aliphatic heterocycles. The summed E-state index contributed by atoms with van der Waals surface area (Å²) in [5.41, 5.74) is 2.80. The topological polar surface area (TPSA) is 68.7 Å². The normalized spacial score (nSPS) is 11.0. The highest BCUT2D eigenvalue weighted by Gasteiger charge is 2.19. The van der Waals surface area contributed by atoms with Gasteiger partial charge in [0, 0.05) is 16.0 Å². The number of carboxylic acids is 1. The van der Waals surface area contributed by atoms with E-state index in [1.165, 1.54) is 0 Å². The number of aromatic nitrogens is 1. The monoisotopic (exact) mass is 469 g/mol. The Morgan fingerprint density at radius 3 is 2.59 bits per heavy atom. The number of aromatic carboxylic acids is 1. The van der Waals surface area contributed by atoms with E-state index in [1.807, 2.05) is 66.7 Å². The van der Waals surface area contributed by atoms with E-state index in [4.69, 9.17) is 26.1 Å². The molecule has 1 aromatic heterocycles. The second-order valence-corrected chi connectivity index (χ2v) is 8.23. The number of ether oxygens (including phenoxy) is 2. The molecule has 0 aliphatic carbocycles. The summed E-state index contributed by atoms with van der Waals surface area (Å²) in [6.07, 6.45) is 0. The molecule has 6 heteroatoms. The molecule has 0 radical (unpaired) electrons. The van der Waals surface area contributed by atoms with Gasteiger partial charge in [0.05, 0.1) is 23.9 Å². The van der Waals surface area contributed by atoms with Crippen LogP contribution in [0, 0.1) is 0 Å². The molecule has 5 nitrogen and oxygen atoms in total. The van der Waals surface area contributed by atoms with Crippen LogP contribution < -0.4 is 9.47 Å². The molecule has 0 bridgehead atoms. The fourth-order valence-corrected chi connectivity index (χ4v) is 4.34. The molecular weight excluding hydrogens is 450 g/mol. The summed E-state index contributed by atoms with van der Waals surface area (Å²) >= 11 is 6.11. The molecule has 0 spiro atoms. The number of methoxy groups -OCH3 is 1. The highest BCUT2D eigenvalue weighted by molar-refractivity contribution is 6.30. The summed E-state index contributed by atoms with van der Waals surface area (Å²) in [6, 6.07) is 26.0. The van der Waals surface area contributed by atoms with Crippen LogP contribution in [-0.2, 0) is 6.61 Å². The first-order valence-electron chi connectivity index (χ1n) is 10.7. The lowest BCUT2D eigenvalue weighted by atomic mass is 9.98. The Kier molecular flexibility index (Phi) is 5.78. The van der Waals surface area contributed by atoms with Crippen molar-refractivity contribution < 1.29 is 19.4 Å². The molecule has 0 fully saturated rings. The molecule has 0 atom stereocenters. The molecule has 0 saturated carbocycles. The number of nitrogens with zero attached hydrogens (tertiary/aromatic N) is 1. The standard InChI is InChI=1S/C28H20ClNO4/c1-33-25-11-5-10-21(27(25)34-16-17-6-4-8-19(29)14-17)24-15-22(28(31)32)26-20-9-3-2-7-18(20)12-13-23(26)30-24/h2-15H,16H2,1H3,(H,31,32). The number of benzene rings is 4. The number of pyridine rings is 1. The van der Waals surface area contributed by atoms with Gasteiger partial charge < -0.3 is 14.6 Å². The Hall–Kier alpha value is -4.09. The van der Waals surface area contributed by atoms with E-state index >= 15 is 0 Å². The number of rotatable bonds is 6. The second-order valence-electron chi connectivity index (χ2n) is 7.80. The largest absolute Gasteiger partial charge is 0.493 e. The van der Waals surface area contributed by atoms with E-state index in [0.29, 0.717) is 38.7 Å². The number of carboxylic acid groups (broad SMARTS) is 1. The average Bonchev–Trinajstić information content (AvgIpc) is 2.86. The molecule has 0 aliphatic rings. The third kappa shape index (κ3) is 4.02. The summed E-state index contributed by atoms with van der Waals surface area (Å²) in [7, 11) is 1.56. The van der Waals surface area contributed by atoms with Gasteiger partial charge in [0.1, 0.15) is 6.61 Å². The SMILES string of the molecule is COc1cccc(-c2cc(C(=O)O)c3c(ccc4ccccc43)n2)c1OCc1cccc(Cl)c1. The molecular formula is C28H20ClNO4. The van der Waals surface area contributed by atoms with E-state index < -0.39 is 5.97 Å². The van der Waals surface area contributed by atoms with E-state index in [2.05, 4.69) is 0 Å². The minimum Gasteiger partial charge on any atom is -0.493 e. The van der Waals surface area contributed by atoms with Crippen molar-refractivity contribution in [3.05, 3.63) is 101 Å². The molecule has 0 saturated heterocycles. The maximum atomic E-state index is 12.3. The van der Waals surface area contributed by atoms with E-state index in [1.54, 1.807) is 25.3 Å². The van der Waals surface area contributed by atoms with Gasteiger partial charge in [0.25, 0.3) is 0 Å². The Balaban J connectivity index is 1.67. The Morgan fingerprint density at radius 2 is 1.79 bits per heavy atom. The molecule has 0 amide bonds. The number of hydrogen-bond acceptors (Lipinski definition) is 4. The Bertz CT molecular complexity index is 1550. The van der Waals surface area contributed by atoms with Gasteiger partial charge in [-0.05, 0) is 52.7 Å². The summed E-state index contributed by atoms with van der Waals surface area (Å²) in [5.74, 6) is -0.0138. The smallest absolute Gasteiger partial charge is 0.336 e. The lowest BCUT2D eigenvalue weighted by Gasteiger charge is -2.16. The van der Waals surface area contributed by atoms with Gasteiger partial charge in [0.15, 0.2) is 11.5 Å². The van der Waals surface area contributed by atoms with E-state index in [0.717, 1.165) is 16.3 Å². The predicted molar refractivity (Wildman–Crippen MR) is 134 cm³/mol. The summed E-state index contributed by atoms with van der Waals surface area (Å²) < 4.78 is 11.7. The van der Waals surface area contributed by atoms with Crippen LogP contribution in [0.1, 0.15) is 15.9 Å². The van der Waals surface area contributed by atoms with Crippen LogP contribution in [-0.4, -0.2) is 23.2 Å². The molecule has 0 unspecified atom stereocenters. The van der Waals surface area contributed by atoms with Gasteiger partial charge in [-0.25, -0.2) is 9.78 Å². The average molecular weight is 470 g/mol. The second kappa shape index (κ2) is 9.04. The summed E-state index contributed by atoms with van der Waals surface area (Å²) in [4.78, 5) is 17.1. The quantitative estimate of drug-likeness (QED) is 0.271. The first-order chi connectivity index (χ1) is 16.5. The van der Waals surface area contributed by atoms with E-state index in [-0.39, 0.29) is 12.2 Å². The lowest BCUT2D eigenvalue weighted by Crippen LogP contribution is -2.03. The predicted octanol–water partition coefficient (Wildman–Crippen LogP) is 6.99. The maximum absolute atomic E-state index is 12.3. The van der Waals surface area contributed by atoms with Crippen LogP contribution >= 0.6 is 11.6 Å². The van der Waals surface area contributed by atoms with Crippen LogP contribution in [0.3, 0.4) is 0 Å². The first kappa shape index (κ1) is 21.7. The zero-order chi connectivity index (χ0) is 23.7. The fourth-order valence-electron chi connectivity index (χ4n) is 4.12. The van der Waals surface area contributed by atoms with Gasteiger partial charge in [-0.3, -0.25) is 0 Å². The van der Waals surface area contributed by atoms with E-state index in [9.17, 15) is 9.90 Å². The highest BCUT2D eigenvalue weighted by Crippen LogP contribution is 2.40. The number of halogens is 1. The molecule has 168 valence electrons. The van der Waals surface area contributed by atoms with Crippen molar-refractivity contribution in [1.82, 2.24) is 4.98 Å². The molecule has 1 N–H and O–H groups in total. The third-order valence-corrected chi connectivity index (χ3v) is 5.91. The maximum Gasteiger partial charge on any atom is 0.336 e. The third-order valence-electron chi connectivity index (χ3n) is 5.68. The Morgan fingerprint density at radius 1 is 0.971 bits per heavy atom. The summed E-state index contributed by atoms with van der Waals surface area (Å²) in [5, 5.41) is 13.1. The zero-order valence-electron chi connectivity index (χ0n) is 18.3. The molecule has 34 heavy (non-hydrogen) atoms. The molecule has 4 aromatic carbocycles. The fraction of sp³-hybridized carbons (Fsp3) is 0.0714. The van der Waals surface area contributed by atoms with Crippen molar-refractivity contribution in [2.45, 2.75) is 6.61 Å². The summed E-state index contributed by atoms with van der Waals surface area (Å²) in [6.45, 7) is 0.262. The Labute approximate surface area is 201 Å². The lowest BCUT2D eigenvalue weighted by molar-refractivity contribution is 0.0699. The number of carbonyl (C=O) groups is 1.